The summed E-state index contributed by atoms with van der Waals surface area (Å²) in [5, 5.41) is 4.67. The molecule has 29 heavy (non-hydrogen) atoms. The number of methoxy groups -OCH3 is 1. The number of hydrogen-bond acceptors (Lipinski definition) is 3. The molecule has 0 aliphatic heterocycles. The van der Waals surface area contributed by atoms with Crippen LogP contribution >= 0.6 is 50.7 Å². The van der Waals surface area contributed by atoms with Gasteiger partial charge in [0, 0.05) is 32.3 Å². The summed E-state index contributed by atoms with van der Waals surface area (Å²) in [4.78, 5) is 0. The van der Waals surface area contributed by atoms with Crippen LogP contribution in [-0.2, 0) is 13.2 Å². The van der Waals surface area contributed by atoms with Gasteiger partial charge in [0.05, 0.1) is 12.1 Å². The van der Waals surface area contributed by atoms with E-state index in [-0.39, 0.29) is 12.2 Å². The maximum Gasteiger partial charge on any atom is 0.162 e. The Morgan fingerprint density at radius 3 is 2.38 bits per heavy atom. The first-order chi connectivity index (χ1) is 13.9. The van der Waals surface area contributed by atoms with E-state index in [1.54, 1.807) is 43.5 Å². The molecule has 3 nitrogen and oxygen atoms in total. The molecule has 1 N–H and O–H groups in total. The molecule has 3 rings (SSSR count). The number of rotatable bonds is 7. The smallest absolute Gasteiger partial charge is 0.162 e. The molecule has 0 bridgehead atoms. The van der Waals surface area contributed by atoms with Crippen LogP contribution in [0.15, 0.2) is 53.0 Å². The van der Waals surface area contributed by atoms with E-state index >= 15 is 0 Å². The Bertz CT molecular complexity index is 993. The highest BCUT2D eigenvalue weighted by atomic mass is 79.9. The fraction of sp³-hybridized carbons (Fsp3) is 0.143. The average Bonchev–Trinajstić information content (AvgIpc) is 2.66. The summed E-state index contributed by atoms with van der Waals surface area (Å²) in [7, 11) is 1.54. The molecule has 0 spiro atoms. The Morgan fingerprint density at radius 2 is 1.72 bits per heavy atom. The molecular formula is C21H16BrCl3FNO2. The predicted molar refractivity (Wildman–Crippen MR) is 120 cm³/mol. The van der Waals surface area contributed by atoms with E-state index in [1.165, 1.54) is 6.07 Å². The highest BCUT2D eigenvalue weighted by molar-refractivity contribution is 9.10. The quantitative estimate of drug-likeness (QED) is 0.346. The fourth-order valence-electron chi connectivity index (χ4n) is 2.66. The third-order valence-corrected chi connectivity index (χ3v) is 5.64. The van der Waals surface area contributed by atoms with Gasteiger partial charge in [0.25, 0.3) is 0 Å². The fourth-order valence-corrected chi connectivity index (χ4v) is 3.86. The average molecular weight is 520 g/mol. The molecule has 0 saturated heterocycles. The van der Waals surface area contributed by atoms with Crippen LogP contribution < -0.4 is 14.8 Å². The van der Waals surface area contributed by atoms with E-state index in [2.05, 4.69) is 21.2 Å². The van der Waals surface area contributed by atoms with Crippen LogP contribution in [0.3, 0.4) is 0 Å². The topological polar surface area (TPSA) is 30.5 Å². The van der Waals surface area contributed by atoms with E-state index in [0.29, 0.717) is 33.1 Å². The number of ether oxygens (including phenoxy) is 2. The molecular weight excluding hydrogens is 503 g/mol. The summed E-state index contributed by atoms with van der Waals surface area (Å²) in [6.07, 6.45) is 0. The van der Waals surface area contributed by atoms with Gasteiger partial charge in [-0.2, -0.15) is 0 Å². The van der Waals surface area contributed by atoms with Crippen molar-refractivity contribution in [3.8, 4) is 11.5 Å². The third kappa shape index (κ3) is 5.70. The van der Waals surface area contributed by atoms with Gasteiger partial charge in [-0.05, 0) is 48.0 Å². The van der Waals surface area contributed by atoms with E-state index < -0.39 is 5.82 Å². The standard InChI is InChI=1S/C21H16BrCl3FNO2/c1-28-20-5-12(10-27-15-7-13(23)6-14(24)8-15)17(22)9-21(20)29-11-16-18(25)3-2-4-19(16)26/h2-9,27H,10-11H2,1H3. The second kappa shape index (κ2) is 9.90. The Kier molecular flexibility index (Phi) is 7.52. The number of nitrogens with one attached hydrogen (secondary N) is 1. The zero-order chi connectivity index (χ0) is 21.0. The van der Waals surface area contributed by atoms with Crippen molar-refractivity contribution in [3.05, 3.63) is 85.0 Å². The lowest BCUT2D eigenvalue weighted by molar-refractivity contribution is 0.279. The molecule has 0 saturated carbocycles. The second-order valence-electron chi connectivity index (χ2n) is 6.10. The van der Waals surface area contributed by atoms with Gasteiger partial charge in [0.1, 0.15) is 12.4 Å². The van der Waals surface area contributed by atoms with Crippen LogP contribution in [0.25, 0.3) is 0 Å². The Labute approximate surface area is 191 Å². The van der Waals surface area contributed by atoms with E-state index in [9.17, 15) is 4.39 Å². The summed E-state index contributed by atoms with van der Waals surface area (Å²) >= 11 is 21.7. The molecule has 8 heteroatoms. The van der Waals surface area contributed by atoms with Crippen LogP contribution in [0.1, 0.15) is 11.1 Å². The second-order valence-corrected chi connectivity index (χ2v) is 8.23. The van der Waals surface area contributed by atoms with Crippen LogP contribution in [-0.4, -0.2) is 7.11 Å². The first kappa shape index (κ1) is 22.0. The molecule has 3 aromatic carbocycles. The Morgan fingerprint density at radius 1 is 1.00 bits per heavy atom. The summed E-state index contributed by atoms with van der Waals surface area (Å²) in [5.41, 5.74) is 2.01. The number of halogens is 5. The molecule has 0 aliphatic carbocycles. The SMILES string of the molecule is COc1cc(CNc2cc(Cl)cc(Cl)c2)c(Br)cc1OCc1c(F)cccc1Cl. The van der Waals surface area contributed by atoms with Crippen LogP contribution in [0.2, 0.25) is 15.1 Å². The van der Waals surface area contributed by atoms with Crippen molar-refractivity contribution in [3.63, 3.8) is 0 Å². The van der Waals surface area contributed by atoms with Gasteiger partial charge in [-0.25, -0.2) is 4.39 Å². The molecule has 152 valence electrons. The van der Waals surface area contributed by atoms with Gasteiger partial charge >= 0.3 is 0 Å². The Balaban J connectivity index is 1.76. The maximum absolute atomic E-state index is 14.0. The first-order valence-corrected chi connectivity index (χ1v) is 10.4. The molecule has 0 unspecified atom stereocenters. The summed E-state index contributed by atoms with van der Waals surface area (Å²) in [6.45, 7) is 0.472. The monoisotopic (exact) mass is 517 g/mol. The van der Waals surface area contributed by atoms with Crippen molar-refractivity contribution < 1.29 is 13.9 Å². The van der Waals surface area contributed by atoms with Crippen LogP contribution in [0.4, 0.5) is 10.1 Å². The lowest BCUT2D eigenvalue weighted by Gasteiger charge is -2.15. The van der Waals surface area contributed by atoms with Gasteiger partial charge in [-0.3, -0.25) is 0 Å². The highest BCUT2D eigenvalue weighted by Gasteiger charge is 2.13. The lowest BCUT2D eigenvalue weighted by atomic mass is 10.2. The zero-order valence-corrected chi connectivity index (χ0v) is 19.1. The van der Waals surface area contributed by atoms with Crippen molar-refractivity contribution in [2.24, 2.45) is 0 Å². The molecule has 0 heterocycles. The normalized spacial score (nSPS) is 10.7. The van der Waals surface area contributed by atoms with E-state index in [4.69, 9.17) is 44.3 Å². The van der Waals surface area contributed by atoms with E-state index in [0.717, 1.165) is 15.7 Å². The third-order valence-electron chi connectivity index (χ3n) is 4.11. The summed E-state index contributed by atoms with van der Waals surface area (Å²) in [5.74, 6) is 0.561. The zero-order valence-electron chi connectivity index (χ0n) is 15.2. The number of anilines is 1. The van der Waals surface area contributed by atoms with Gasteiger partial charge in [-0.1, -0.05) is 56.8 Å². The Hall–Kier alpha value is -1.66. The van der Waals surface area contributed by atoms with Crippen LogP contribution in [0, 0.1) is 5.82 Å². The largest absolute Gasteiger partial charge is 0.493 e. The molecule has 0 aromatic heterocycles. The van der Waals surface area contributed by atoms with Crippen molar-refractivity contribution in [1.29, 1.82) is 0 Å². The highest BCUT2D eigenvalue weighted by Crippen LogP contribution is 2.35. The molecule has 0 radical (unpaired) electrons. The molecule has 0 amide bonds. The van der Waals surface area contributed by atoms with Crippen molar-refractivity contribution >= 4 is 56.4 Å². The van der Waals surface area contributed by atoms with E-state index in [1.807, 2.05) is 6.07 Å². The van der Waals surface area contributed by atoms with Crippen molar-refractivity contribution in [1.82, 2.24) is 0 Å². The minimum atomic E-state index is -0.420. The molecule has 0 atom stereocenters. The molecule has 3 aromatic rings. The van der Waals surface area contributed by atoms with Gasteiger partial charge in [0.2, 0.25) is 0 Å². The predicted octanol–water partition coefficient (Wildman–Crippen LogP) is 7.75. The maximum atomic E-state index is 14.0. The van der Waals surface area contributed by atoms with Crippen LogP contribution in [0.5, 0.6) is 11.5 Å². The van der Waals surface area contributed by atoms with Gasteiger partial charge in [0.15, 0.2) is 11.5 Å². The minimum absolute atomic E-state index is 0.0209. The van der Waals surface area contributed by atoms with Crippen molar-refractivity contribution in [2.45, 2.75) is 13.2 Å². The number of hydrogen-bond donors (Lipinski definition) is 1. The summed E-state index contributed by atoms with van der Waals surface area (Å²) in [6, 6.07) is 13.4. The lowest BCUT2D eigenvalue weighted by Crippen LogP contribution is -2.04. The van der Waals surface area contributed by atoms with Crippen molar-refractivity contribution in [2.75, 3.05) is 12.4 Å². The number of benzene rings is 3. The molecule has 0 aliphatic rings. The first-order valence-electron chi connectivity index (χ1n) is 8.49. The minimum Gasteiger partial charge on any atom is -0.493 e. The summed E-state index contributed by atoms with van der Waals surface area (Å²) < 4.78 is 26.0. The van der Waals surface area contributed by atoms with Gasteiger partial charge < -0.3 is 14.8 Å². The molecule has 0 fully saturated rings. The van der Waals surface area contributed by atoms with Gasteiger partial charge in [-0.15, -0.1) is 0 Å².